The summed E-state index contributed by atoms with van der Waals surface area (Å²) in [5.41, 5.74) is 0.823. The number of nitrogens with zero attached hydrogens (tertiary/aromatic N) is 2. The first-order valence-electron chi connectivity index (χ1n) is 12.8. The molecular formula is C27H28N4O10S. The number of nitro benzene ring substituents is 1. The summed E-state index contributed by atoms with van der Waals surface area (Å²) in [5, 5.41) is 15.5. The molecule has 0 saturated carbocycles. The predicted octanol–water partition coefficient (Wildman–Crippen LogP) is 1.46. The first-order chi connectivity index (χ1) is 20.0. The summed E-state index contributed by atoms with van der Waals surface area (Å²) < 4.78 is 10.8. The van der Waals surface area contributed by atoms with Gasteiger partial charge in [-0.15, -0.1) is 11.8 Å². The highest BCUT2D eigenvalue weighted by Crippen LogP contribution is 2.42. The molecular weight excluding hydrogens is 572 g/mol. The van der Waals surface area contributed by atoms with Gasteiger partial charge < -0.3 is 20.1 Å². The number of amides is 3. The number of thioether (sulfide) groups is 1. The maximum atomic E-state index is 13.4. The highest BCUT2D eigenvalue weighted by atomic mass is 32.2. The zero-order valence-corrected chi connectivity index (χ0v) is 23.5. The minimum absolute atomic E-state index is 0.151. The number of rotatable bonds is 10. The number of nitro groups is 1. The Balaban J connectivity index is 0.000000587. The first kappa shape index (κ1) is 30.5. The number of cyclic esters (lactones) is 1. The molecule has 15 heteroatoms. The number of carbonyl (C=O) groups is 5. The van der Waals surface area contributed by atoms with Crippen molar-refractivity contribution in [2.45, 2.75) is 43.9 Å². The summed E-state index contributed by atoms with van der Waals surface area (Å²) in [6, 6.07) is 12.6. The van der Waals surface area contributed by atoms with Gasteiger partial charge in [-0.1, -0.05) is 24.3 Å². The van der Waals surface area contributed by atoms with Crippen molar-refractivity contribution in [3.05, 3.63) is 64.2 Å². The molecule has 0 aromatic heterocycles. The summed E-state index contributed by atoms with van der Waals surface area (Å²) in [4.78, 5) is 77.2. The average Bonchev–Trinajstić information content (AvgIpc) is 3.46. The molecule has 2 aliphatic heterocycles. The topological polar surface area (TPSA) is 183 Å². The lowest BCUT2D eigenvalue weighted by atomic mass is 9.95. The minimum atomic E-state index is -2.29. The molecule has 2 fully saturated rings. The number of esters is 2. The molecule has 2 saturated heterocycles. The van der Waals surface area contributed by atoms with Gasteiger partial charge in [0.25, 0.3) is 11.6 Å². The molecule has 1 aromatic carbocycles. The Morgan fingerprint density at radius 1 is 1.07 bits per heavy atom. The summed E-state index contributed by atoms with van der Waals surface area (Å²) in [6.07, 6.45) is -0.255. The molecule has 42 heavy (non-hydrogen) atoms. The van der Waals surface area contributed by atoms with E-state index in [1.807, 2.05) is 0 Å². The minimum Gasteiger partial charge on any atom is -0.456 e. The SMILES string of the molecule is CC(=O)NCCSC1CC(=O)OC1(C(=O)OCc1ccc([N+](=O)[O-])cc1)N1OC[C@H](NC(C)=O)C1=O.c1cc2ccc1-2. The molecule has 5 rings (SSSR count). The second-order valence-corrected chi connectivity index (χ2v) is 10.8. The Morgan fingerprint density at radius 3 is 2.24 bits per heavy atom. The molecule has 4 aliphatic rings. The van der Waals surface area contributed by atoms with E-state index >= 15 is 0 Å². The summed E-state index contributed by atoms with van der Waals surface area (Å²) >= 11 is 1.10. The van der Waals surface area contributed by atoms with Crippen molar-refractivity contribution in [3.8, 4) is 11.1 Å². The predicted molar refractivity (Wildman–Crippen MR) is 147 cm³/mol. The van der Waals surface area contributed by atoms with E-state index in [2.05, 4.69) is 34.9 Å². The maximum absolute atomic E-state index is 13.4. The molecule has 2 heterocycles. The van der Waals surface area contributed by atoms with E-state index in [9.17, 15) is 34.1 Å². The van der Waals surface area contributed by atoms with Crippen molar-refractivity contribution in [1.29, 1.82) is 0 Å². The largest absolute Gasteiger partial charge is 0.456 e. The van der Waals surface area contributed by atoms with Gasteiger partial charge in [0.1, 0.15) is 19.3 Å². The Hall–Kier alpha value is -4.50. The van der Waals surface area contributed by atoms with Crippen LogP contribution in [0.5, 0.6) is 0 Å². The second-order valence-electron chi connectivity index (χ2n) is 9.48. The van der Waals surface area contributed by atoms with Gasteiger partial charge in [0.15, 0.2) is 0 Å². The van der Waals surface area contributed by atoms with Crippen LogP contribution < -0.4 is 10.6 Å². The first-order valence-corrected chi connectivity index (χ1v) is 13.9. The number of hydroxylamine groups is 2. The Bertz CT molecular complexity index is 1360. The zero-order valence-electron chi connectivity index (χ0n) is 22.7. The molecule has 222 valence electrons. The lowest BCUT2D eigenvalue weighted by Gasteiger charge is -2.36. The van der Waals surface area contributed by atoms with Crippen LogP contribution in [-0.4, -0.2) is 75.6 Å². The fraction of sp³-hybridized carbons (Fsp3) is 0.370. The van der Waals surface area contributed by atoms with Crippen LogP contribution in [0.4, 0.5) is 5.69 Å². The van der Waals surface area contributed by atoms with E-state index in [1.165, 1.54) is 49.2 Å². The van der Waals surface area contributed by atoms with Crippen molar-refractivity contribution >= 4 is 47.1 Å². The number of non-ortho nitro benzene ring substituents is 1. The molecule has 2 N–H and O–H groups in total. The summed E-state index contributed by atoms with van der Waals surface area (Å²) in [5.74, 6) is -3.17. The van der Waals surface area contributed by atoms with Gasteiger partial charge in [-0.05, 0) is 28.8 Å². The van der Waals surface area contributed by atoms with Gasteiger partial charge in [-0.25, -0.2) is 4.79 Å². The fourth-order valence-electron chi connectivity index (χ4n) is 4.26. The highest BCUT2D eigenvalue weighted by Gasteiger charge is 2.65. The molecule has 0 spiro atoms. The van der Waals surface area contributed by atoms with Gasteiger partial charge in [0, 0.05) is 38.3 Å². The third-order valence-corrected chi connectivity index (χ3v) is 7.76. The molecule has 0 bridgehead atoms. The third-order valence-electron chi connectivity index (χ3n) is 6.43. The van der Waals surface area contributed by atoms with E-state index < -0.39 is 45.7 Å². The molecule has 14 nitrogen and oxygen atoms in total. The van der Waals surface area contributed by atoms with Crippen LogP contribution in [0.25, 0.3) is 11.1 Å². The van der Waals surface area contributed by atoms with E-state index in [0.717, 1.165) is 11.8 Å². The normalized spacial score (nSPS) is 21.5. The molecule has 2 aliphatic carbocycles. The number of fused-ring (bicyclic) bond motifs is 1. The smallest absolute Gasteiger partial charge is 0.376 e. The number of carbonyl (C=O) groups excluding carboxylic acids is 5. The molecule has 1 aromatic rings. The van der Waals surface area contributed by atoms with Gasteiger partial charge in [0.05, 0.1) is 16.6 Å². The number of ether oxygens (including phenoxy) is 2. The van der Waals surface area contributed by atoms with Crippen molar-refractivity contribution < 1.29 is 43.2 Å². The fourth-order valence-corrected chi connectivity index (χ4v) is 5.49. The standard InChI is InChI=1S/C21H24N4O10S.C6H4/c1-12(26)22-7-8-36-17-9-18(28)35-21(17,24-19(29)16(11-34-24)23-13(2)27)20(30)33-10-14-3-5-15(6-4-14)25(31)32;1-2-6-4-3-5(1)6/h3-6,16-17H,7-11H2,1-2H3,(H,22,26)(H,23,27);1-4H/t16-,17?,21?;/m0./s1. The average molecular weight is 601 g/mol. The number of nitrogens with one attached hydrogen (secondary N) is 2. The van der Waals surface area contributed by atoms with Gasteiger partial charge in [0.2, 0.25) is 11.8 Å². The van der Waals surface area contributed by atoms with Crippen LogP contribution >= 0.6 is 11.8 Å². The van der Waals surface area contributed by atoms with E-state index in [-0.39, 0.29) is 43.5 Å². The third kappa shape index (κ3) is 6.69. The Kier molecular flexibility index (Phi) is 9.42. The maximum Gasteiger partial charge on any atom is 0.376 e. The summed E-state index contributed by atoms with van der Waals surface area (Å²) in [6.45, 7) is 2.14. The number of benzene rings is 2. The molecule has 0 radical (unpaired) electrons. The van der Waals surface area contributed by atoms with E-state index in [4.69, 9.17) is 14.3 Å². The van der Waals surface area contributed by atoms with Crippen molar-refractivity contribution in [1.82, 2.24) is 15.7 Å². The number of hydrogen-bond acceptors (Lipinski definition) is 11. The zero-order chi connectivity index (χ0) is 30.4. The lowest BCUT2D eigenvalue weighted by molar-refractivity contribution is -0.384. The van der Waals surface area contributed by atoms with Gasteiger partial charge >= 0.3 is 17.7 Å². The monoisotopic (exact) mass is 600 g/mol. The number of hydrogen-bond donors (Lipinski definition) is 2. The Morgan fingerprint density at radius 2 is 1.71 bits per heavy atom. The van der Waals surface area contributed by atoms with E-state index in [0.29, 0.717) is 10.6 Å². The molecule has 3 amide bonds. The van der Waals surface area contributed by atoms with Crippen molar-refractivity contribution in [3.63, 3.8) is 0 Å². The molecule has 2 unspecified atom stereocenters. The van der Waals surface area contributed by atoms with Crippen molar-refractivity contribution in [2.24, 2.45) is 0 Å². The van der Waals surface area contributed by atoms with Crippen molar-refractivity contribution in [2.75, 3.05) is 18.9 Å². The highest BCUT2D eigenvalue weighted by molar-refractivity contribution is 8.00. The lowest BCUT2D eigenvalue weighted by Crippen LogP contribution is -2.62. The van der Waals surface area contributed by atoms with Crippen LogP contribution in [0, 0.1) is 10.1 Å². The van der Waals surface area contributed by atoms with Gasteiger partial charge in [-0.2, -0.15) is 5.06 Å². The van der Waals surface area contributed by atoms with Gasteiger partial charge in [-0.3, -0.25) is 34.1 Å². The van der Waals surface area contributed by atoms with Crippen LogP contribution in [0.15, 0.2) is 48.5 Å². The Labute approximate surface area is 244 Å². The molecule has 3 atom stereocenters. The van der Waals surface area contributed by atoms with Crippen LogP contribution in [0.2, 0.25) is 0 Å². The van der Waals surface area contributed by atoms with Crippen LogP contribution in [0.1, 0.15) is 25.8 Å². The van der Waals surface area contributed by atoms with Crippen LogP contribution in [-0.2, 0) is 44.9 Å². The summed E-state index contributed by atoms with van der Waals surface area (Å²) in [7, 11) is 0. The van der Waals surface area contributed by atoms with Crippen LogP contribution in [0.3, 0.4) is 0 Å². The second kappa shape index (κ2) is 13.0. The quantitative estimate of drug-likeness (QED) is 0.149. The van der Waals surface area contributed by atoms with E-state index in [1.54, 1.807) is 0 Å².